The first-order chi connectivity index (χ1) is 9.47. The van der Waals surface area contributed by atoms with Crippen LogP contribution in [0.15, 0.2) is 30.3 Å². The van der Waals surface area contributed by atoms with Crippen molar-refractivity contribution in [2.45, 2.75) is 0 Å². The van der Waals surface area contributed by atoms with Gasteiger partial charge in [-0.3, -0.25) is 14.4 Å². The minimum absolute atomic E-state index is 0.383. The predicted molar refractivity (Wildman–Crippen MR) is 74.6 cm³/mol. The standard InChI is InChI=1S/C13H12N2O4S/c14-11(16)6-15(7-12(17)18)13(19)10-5-8-3-1-2-4-9(8)20-10/h1-5H,6-7H2,(H2,14,16)(H,17,18). The molecule has 0 spiro atoms. The second-order valence-corrected chi connectivity index (χ2v) is 5.25. The third kappa shape index (κ3) is 3.12. The van der Waals surface area contributed by atoms with Crippen LogP contribution in [0.3, 0.4) is 0 Å². The second kappa shape index (κ2) is 5.70. The second-order valence-electron chi connectivity index (χ2n) is 4.17. The van der Waals surface area contributed by atoms with Crippen LogP contribution in [-0.4, -0.2) is 40.9 Å². The summed E-state index contributed by atoms with van der Waals surface area (Å²) in [5.41, 5.74) is 5.04. The molecule has 0 saturated heterocycles. The van der Waals surface area contributed by atoms with Gasteiger partial charge in [0.1, 0.15) is 13.1 Å². The quantitative estimate of drug-likeness (QED) is 0.855. The van der Waals surface area contributed by atoms with Crippen LogP contribution in [-0.2, 0) is 9.59 Å². The maximum atomic E-state index is 12.3. The van der Waals surface area contributed by atoms with Crippen molar-refractivity contribution in [3.8, 4) is 0 Å². The molecule has 7 heteroatoms. The number of nitrogens with two attached hydrogens (primary N) is 1. The fourth-order valence-electron chi connectivity index (χ4n) is 1.79. The number of carboxylic acids is 1. The first-order valence-corrected chi connectivity index (χ1v) is 6.57. The van der Waals surface area contributed by atoms with Crippen LogP contribution < -0.4 is 5.73 Å². The highest BCUT2D eigenvalue weighted by molar-refractivity contribution is 7.20. The van der Waals surface area contributed by atoms with Gasteiger partial charge in [-0.25, -0.2) is 0 Å². The third-order valence-corrected chi connectivity index (χ3v) is 3.70. The van der Waals surface area contributed by atoms with E-state index in [1.165, 1.54) is 11.3 Å². The van der Waals surface area contributed by atoms with Crippen molar-refractivity contribution in [2.75, 3.05) is 13.1 Å². The van der Waals surface area contributed by atoms with Crippen molar-refractivity contribution >= 4 is 39.2 Å². The minimum Gasteiger partial charge on any atom is -0.480 e. The number of hydrogen-bond donors (Lipinski definition) is 2. The van der Waals surface area contributed by atoms with Gasteiger partial charge in [-0.05, 0) is 17.5 Å². The van der Waals surface area contributed by atoms with E-state index >= 15 is 0 Å². The van der Waals surface area contributed by atoms with Crippen LogP contribution in [0.5, 0.6) is 0 Å². The number of carbonyl (C=O) groups is 3. The van der Waals surface area contributed by atoms with Crippen LogP contribution in [0.2, 0.25) is 0 Å². The highest BCUT2D eigenvalue weighted by Gasteiger charge is 2.22. The van der Waals surface area contributed by atoms with Gasteiger partial charge in [0.2, 0.25) is 5.91 Å². The smallest absolute Gasteiger partial charge is 0.323 e. The van der Waals surface area contributed by atoms with E-state index in [0.29, 0.717) is 4.88 Å². The predicted octanol–water partition coefficient (Wildman–Crippen LogP) is 0.913. The number of benzene rings is 1. The molecule has 20 heavy (non-hydrogen) atoms. The van der Waals surface area contributed by atoms with E-state index in [0.717, 1.165) is 15.0 Å². The fraction of sp³-hybridized carbons (Fsp3) is 0.154. The van der Waals surface area contributed by atoms with E-state index < -0.39 is 30.9 Å². The molecule has 0 atom stereocenters. The molecule has 0 radical (unpaired) electrons. The van der Waals surface area contributed by atoms with Crippen molar-refractivity contribution in [1.29, 1.82) is 0 Å². The molecule has 0 aliphatic rings. The highest BCUT2D eigenvalue weighted by atomic mass is 32.1. The summed E-state index contributed by atoms with van der Waals surface area (Å²) < 4.78 is 0.921. The first-order valence-electron chi connectivity index (χ1n) is 5.75. The Morgan fingerprint density at radius 3 is 2.50 bits per heavy atom. The van der Waals surface area contributed by atoms with Gasteiger partial charge in [-0.1, -0.05) is 18.2 Å². The molecule has 0 aliphatic carbocycles. The molecular weight excluding hydrogens is 280 g/mol. The maximum absolute atomic E-state index is 12.3. The van der Waals surface area contributed by atoms with Crippen LogP contribution in [0.4, 0.5) is 0 Å². The third-order valence-electron chi connectivity index (χ3n) is 2.60. The summed E-state index contributed by atoms with van der Waals surface area (Å²) in [4.78, 5) is 35.3. The lowest BCUT2D eigenvalue weighted by molar-refractivity contribution is -0.138. The Labute approximate surface area is 118 Å². The van der Waals surface area contributed by atoms with Crippen molar-refractivity contribution in [3.05, 3.63) is 35.2 Å². The largest absolute Gasteiger partial charge is 0.480 e. The van der Waals surface area contributed by atoms with Gasteiger partial charge in [0.05, 0.1) is 4.88 Å². The monoisotopic (exact) mass is 292 g/mol. The summed E-state index contributed by atoms with van der Waals surface area (Å²) in [6, 6.07) is 9.11. The molecule has 3 N–H and O–H groups in total. The molecule has 2 rings (SSSR count). The molecule has 1 aromatic heterocycles. The number of amides is 2. The molecule has 0 fully saturated rings. The lowest BCUT2D eigenvalue weighted by atomic mass is 10.2. The summed E-state index contributed by atoms with van der Waals surface area (Å²) in [5, 5.41) is 9.69. The zero-order valence-corrected chi connectivity index (χ0v) is 11.2. The Morgan fingerprint density at radius 2 is 1.90 bits per heavy atom. The number of rotatable bonds is 5. The van der Waals surface area contributed by atoms with Crippen molar-refractivity contribution < 1.29 is 19.5 Å². The van der Waals surface area contributed by atoms with Crippen LogP contribution in [0.25, 0.3) is 10.1 Å². The maximum Gasteiger partial charge on any atom is 0.323 e. The van der Waals surface area contributed by atoms with Crippen LogP contribution >= 0.6 is 11.3 Å². The molecule has 2 amide bonds. The topological polar surface area (TPSA) is 101 Å². The number of thiophene rings is 1. The van der Waals surface area contributed by atoms with Gasteiger partial charge >= 0.3 is 5.97 Å². The lowest BCUT2D eigenvalue weighted by Gasteiger charge is -2.17. The highest BCUT2D eigenvalue weighted by Crippen LogP contribution is 2.26. The first kappa shape index (κ1) is 14.0. The van der Waals surface area contributed by atoms with E-state index in [1.807, 2.05) is 24.3 Å². The van der Waals surface area contributed by atoms with Crippen molar-refractivity contribution in [3.63, 3.8) is 0 Å². The van der Waals surface area contributed by atoms with Gasteiger partial charge in [-0.2, -0.15) is 0 Å². The van der Waals surface area contributed by atoms with Gasteiger partial charge < -0.3 is 15.7 Å². The summed E-state index contributed by atoms with van der Waals surface area (Å²) >= 11 is 1.25. The molecule has 6 nitrogen and oxygen atoms in total. The summed E-state index contributed by atoms with van der Waals surface area (Å²) in [6.45, 7) is -0.977. The molecule has 0 bridgehead atoms. The number of nitrogens with zero attached hydrogens (tertiary/aromatic N) is 1. The average Bonchev–Trinajstić information content (AvgIpc) is 2.79. The molecule has 0 saturated carbocycles. The fourth-order valence-corrected chi connectivity index (χ4v) is 2.82. The molecule has 1 heterocycles. The average molecular weight is 292 g/mol. The molecular formula is C13H12N2O4S. The van der Waals surface area contributed by atoms with Gasteiger partial charge in [0, 0.05) is 4.70 Å². The van der Waals surface area contributed by atoms with Gasteiger partial charge in [0.15, 0.2) is 0 Å². The van der Waals surface area contributed by atoms with E-state index in [9.17, 15) is 14.4 Å². The Hall–Kier alpha value is -2.41. The SMILES string of the molecule is NC(=O)CN(CC(=O)O)C(=O)c1cc2ccccc2s1. The van der Waals surface area contributed by atoms with Crippen LogP contribution in [0, 0.1) is 0 Å². The van der Waals surface area contributed by atoms with Gasteiger partial charge in [0.25, 0.3) is 5.91 Å². The summed E-state index contributed by atoms with van der Waals surface area (Å²) in [7, 11) is 0. The van der Waals surface area contributed by atoms with E-state index in [-0.39, 0.29) is 0 Å². The van der Waals surface area contributed by atoms with Gasteiger partial charge in [-0.15, -0.1) is 11.3 Å². The number of hydrogen-bond acceptors (Lipinski definition) is 4. The molecule has 0 aliphatic heterocycles. The minimum atomic E-state index is -1.19. The van der Waals surface area contributed by atoms with E-state index in [2.05, 4.69) is 0 Å². The number of carboxylic acid groups (broad SMARTS) is 1. The molecule has 0 unspecified atom stereocenters. The number of fused-ring (bicyclic) bond motifs is 1. The summed E-state index contributed by atoms with van der Waals surface area (Å²) in [5.74, 6) is -2.45. The zero-order chi connectivity index (χ0) is 14.7. The Balaban J connectivity index is 2.29. The zero-order valence-electron chi connectivity index (χ0n) is 10.4. The molecule has 1 aromatic carbocycles. The molecule has 2 aromatic rings. The lowest BCUT2D eigenvalue weighted by Crippen LogP contribution is -2.41. The summed E-state index contributed by atoms with van der Waals surface area (Å²) in [6.07, 6.45) is 0. The van der Waals surface area contributed by atoms with Crippen molar-refractivity contribution in [2.24, 2.45) is 5.73 Å². The number of primary amides is 1. The van der Waals surface area contributed by atoms with Crippen LogP contribution in [0.1, 0.15) is 9.67 Å². The van der Waals surface area contributed by atoms with Crippen molar-refractivity contribution in [1.82, 2.24) is 4.90 Å². The normalized spacial score (nSPS) is 10.4. The van der Waals surface area contributed by atoms with E-state index in [1.54, 1.807) is 6.07 Å². The Morgan fingerprint density at radius 1 is 1.20 bits per heavy atom. The Kier molecular flexibility index (Phi) is 3.99. The Bertz CT molecular complexity index is 631. The molecule has 104 valence electrons. The number of aliphatic carboxylic acids is 1. The van der Waals surface area contributed by atoms with E-state index in [4.69, 9.17) is 10.8 Å². The number of carbonyl (C=O) groups excluding carboxylic acids is 2.